The molecule has 0 saturated heterocycles. The van der Waals surface area contributed by atoms with Crippen LogP contribution in [0, 0.1) is 0 Å². The van der Waals surface area contributed by atoms with Crippen molar-refractivity contribution in [1.29, 1.82) is 0 Å². The molecule has 0 heterocycles. The molecule has 0 fully saturated rings. The zero-order valence-corrected chi connectivity index (χ0v) is 42.7. The Hall–Kier alpha value is -1.06. The predicted molar refractivity (Wildman–Crippen MR) is 262 cm³/mol. The summed E-state index contributed by atoms with van der Waals surface area (Å²) in [6.45, 7) is 6.81. The summed E-state index contributed by atoms with van der Waals surface area (Å²) < 4.78 is 0. The molecule has 0 aliphatic rings. The van der Waals surface area contributed by atoms with Gasteiger partial charge in [-0.1, -0.05) is 290 Å². The number of hydrogen-bond donors (Lipinski definition) is 3. The summed E-state index contributed by atoms with van der Waals surface area (Å²) in [7, 11) is 0. The Kier molecular flexibility index (Phi) is 69.0. The van der Waals surface area contributed by atoms with Crippen LogP contribution >= 0.6 is 0 Å². The Balaban J connectivity index is -0.000000396. The molecule has 0 rings (SSSR count). The normalized spacial score (nSPS) is 10.7. The fourth-order valence-electron chi connectivity index (χ4n) is 7.94. The van der Waals surface area contributed by atoms with E-state index in [0.29, 0.717) is 19.3 Å². The van der Waals surface area contributed by atoms with Crippen molar-refractivity contribution in [3.05, 3.63) is 0 Å². The van der Waals surface area contributed by atoms with Gasteiger partial charge >= 0.3 is 17.9 Å². The Morgan fingerprint density at radius 3 is 0.410 bits per heavy atom. The number of carbonyl (C=O) groups is 3. The summed E-state index contributed by atoms with van der Waals surface area (Å²) in [5.74, 6) is -1.96. The first-order chi connectivity index (χ1) is 29.3. The average molecular weight is 905 g/mol. The van der Waals surface area contributed by atoms with Crippen molar-refractivity contribution in [3.63, 3.8) is 0 Å². The average Bonchev–Trinajstić information content (AvgIpc) is 3.22. The molecule has 0 atom stereocenters. The molecule has 0 aromatic heterocycles. The standard InChI is InChI=1S/3C18H36O2.Cr/c3*1-2-3-4-5-6-7-8-9-10-11-12-13-14-15-16-17-18(19)20;/h3*2-17H2,1H3,(H,19,20);. The molecule has 0 aromatic rings. The van der Waals surface area contributed by atoms with Gasteiger partial charge in [0.1, 0.15) is 0 Å². The zero-order chi connectivity index (χ0) is 44.7. The van der Waals surface area contributed by atoms with Gasteiger partial charge in [0.05, 0.1) is 0 Å². The van der Waals surface area contributed by atoms with Crippen LogP contribution in [-0.2, 0) is 31.7 Å². The van der Waals surface area contributed by atoms with Crippen LogP contribution in [-0.4, -0.2) is 33.2 Å². The predicted octanol–water partition coefficient (Wildman–Crippen LogP) is 19.0. The van der Waals surface area contributed by atoms with Gasteiger partial charge in [-0.25, -0.2) is 0 Å². The van der Waals surface area contributed by atoms with Gasteiger partial charge in [0, 0.05) is 36.6 Å². The second kappa shape index (κ2) is 63.2. The first-order valence-corrected chi connectivity index (χ1v) is 27.0. The molecular formula is C54H108CrO6. The van der Waals surface area contributed by atoms with Gasteiger partial charge in [0.2, 0.25) is 0 Å². The van der Waals surface area contributed by atoms with E-state index in [1.165, 1.54) is 250 Å². The van der Waals surface area contributed by atoms with Crippen LogP contribution in [0.1, 0.15) is 329 Å². The van der Waals surface area contributed by atoms with E-state index in [0.717, 1.165) is 38.5 Å². The van der Waals surface area contributed by atoms with Crippen molar-refractivity contribution >= 4 is 17.9 Å². The van der Waals surface area contributed by atoms with E-state index in [1.807, 2.05) is 0 Å². The maximum atomic E-state index is 10.3. The summed E-state index contributed by atoms with van der Waals surface area (Å²) in [6.07, 6.45) is 60.6. The van der Waals surface area contributed by atoms with Gasteiger partial charge in [-0.3, -0.25) is 14.4 Å². The third kappa shape index (κ3) is 76.6. The van der Waals surface area contributed by atoms with Crippen molar-refractivity contribution < 1.29 is 47.1 Å². The number of carboxylic acid groups (broad SMARTS) is 3. The molecule has 0 spiro atoms. The zero-order valence-electron chi connectivity index (χ0n) is 41.4. The molecule has 0 aliphatic carbocycles. The smallest absolute Gasteiger partial charge is 0.303 e. The van der Waals surface area contributed by atoms with Crippen LogP contribution in [0.25, 0.3) is 0 Å². The minimum absolute atomic E-state index is 0. The second-order valence-electron chi connectivity index (χ2n) is 18.3. The fourth-order valence-corrected chi connectivity index (χ4v) is 7.94. The molecule has 366 valence electrons. The summed E-state index contributed by atoms with van der Waals surface area (Å²) in [6, 6.07) is 0. The Morgan fingerprint density at radius 1 is 0.213 bits per heavy atom. The maximum Gasteiger partial charge on any atom is 0.303 e. The molecule has 7 heteroatoms. The van der Waals surface area contributed by atoms with Gasteiger partial charge in [-0.15, -0.1) is 0 Å². The van der Waals surface area contributed by atoms with E-state index in [-0.39, 0.29) is 17.4 Å². The van der Waals surface area contributed by atoms with Crippen molar-refractivity contribution in [2.75, 3.05) is 0 Å². The number of rotatable bonds is 48. The van der Waals surface area contributed by atoms with Crippen LogP contribution in [0.5, 0.6) is 0 Å². The molecule has 6 nitrogen and oxygen atoms in total. The molecule has 0 radical (unpaired) electrons. The first kappa shape index (κ1) is 66.5. The second-order valence-corrected chi connectivity index (χ2v) is 18.3. The van der Waals surface area contributed by atoms with E-state index >= 15 is 0 Å². The van der Waals surface area contributed by atoms with E-state index in [4.69, 9.17) is 15.3 Å². The first-order valence-electron chi connectivity index (χ1n) is 27.0. The van der Waals surface area contributed by atoms with Gasteiger partial charge in [0.25, 0.3) is 0 Å². The molecule has 61 heavy (non-hydrogen) atoms. The number of unbranched alkanes of at least 4 members (excludes halogenated alkanes) is 42. The van der Waals surface area contributed by atoms with Crippen LogP contribution in [0.2, 0.25) is 0 Å². The molecule has 0 bridgehead atoms. The summed E-state index contributed by atoms with van der Waals surface area (Å²) >= 11 is 0. The van der Waals surface area contributed by atoms with Gasteiger partial charge in [0.15, 0.2) is 0 Å². The SMILES string of the molecule is CCCCCCCCCCCCCCCCCC(=O)O.CCCCCCCCCCCCCCCCCC(=O)O.CCCCCCCCCCCCCCCCCC(=O)O.[Cr]. The van der Waals surface area contributed by atoms with Gasteiger partial charge in [-0.05, 0) is 19.3 Å². The Labute approximate surface area is 392 Å². The van der Waals surface area contributed by atoms with E-state index in [2.05, 4.69) is 20.8 Å². The third-order valence-corrected chi connectivity index (χ3v) is 12.0. The van der Waals surface area contributed by atoms with Gasteiger partial charge in [-0.2, -0.15) is 0 Å². The summed E-state index contributed by atoms with van der Waals surface area (Å²) in [5.41, 5.74) is 0. The summed E-state index contributed by atoms with van der Waals surface area (Å²) in [4.78, 5) is 31.0. The molecular weight excluding hydrogens is 797 g/mol. The Morgan fingerprint density at radius 2 is 0.311 bits per heavy atom. The minimum atomic E-state index is -0.653. The van der Waals surface area contributed by atoms with E-state index < -0.39 is 17.9 Å². The van der Waals surface area contributed by atoms with Crippen LogP contribution in [0.15, 0.2) is 0 Å². The third-order valence-electron chi connectivity index (χ3n) is 12.0. The molecule has 0 saturated carbocycles. The van der Waals surface area contributed by atoms with Crippen molar-refractivity contribution in [2.45, 2.75) is 329 Å². The van der Waals surface area contributed by atoms with Crippen LogP contribution in [0.4, 0.5) is 0 Å². The quantitative estimate of drug-likeness (QED) is 0.0525. The largest absolute Gasteiger partial charge is 0.481 e. The molecule has 0 aliphatic heterocycles. The minimum Gasteiger partial charge on any atom is -0.481 e. The fraction of sp³-hybridized carbons (Fsp3) is 0.944. The molecule has 0 amide bonds. The van der Waals surface area contributed by atoms with Crippen LogP contribution in [0.3, 0.4) is 0 Å². The summed E-state index contributed by atoms with van der Waals surface area (Å²) in [5, 5.41) is 25.6. The van der Waals surface area contributed by atoms with Crippen LogP contribution < -0.4 is 0 Å². The number of hydrogen-bond acceptors (Lipinski definition) is 3. The Bertz CT molecular complexity index is 717. The van der Waals surface area contributed by atoms with Crippen molar-refractivity contribution in [3.8, 4) is 0 Å². The number of carboxylic acids is 3. The van der Waals surface area contributed by atoms with E-state index in [1.54, 1.807) is 0 Å². The van der Waals surface area contributed by atoms with Crippen molar-refractivity contribution in [1.82, 2.24) is 0 Å². The molecule has 3 N–H and O–H groups in total. The molecule has 0 aromatic carbocycles. The van der Waals surface area contributed by atoms with Crippen molar-refractivity contribution in [2.24, 2.45) is 0 Å². The molecule has 0 unspecified atom stereocenters. The van der Waals surface area contributed by atoms with E-state index in [9.17, 15) is 14.4 Å². The topological polar surface area (TPSA) is 112 Å². The maximum absolute atomic E-state index is 10.3. The number of aliphatic carboxylic acids is 3. The van der Waals surface area contributed by atoms with Gasteiger partial charge < -0.3 is 15.3 Å². The monoisotopic (exact) mass is 905 g/mol.